The van der Waals surface area contributed by atoms with E-state index in [0.717, 1.165) is 28.5 Å². The highest BCUT2D eigenvalue weighted by molar-refractivity contribution is 5.44. The van der Waals surface area contributed by atoms with Crippen LogP contribution in [0.5, 0.6) is 11.5 Å². The molecule has 21 heavy (non-hydrogen) atoms. The molecule has 0 spiro atoms. The summed E-state index contributed by atoms with van der Waals surface area (Å²) in [4.78, 5) is 8.64. The molecule has 0 fully saturated rings. The average molecular weight is 283 g/mol. The van der Waals surface area contributed by atoms with Crippen molar-refractivity contribution in [2.24, 2.45) is 5.73 Å². The van der Waals surface area contributed by atoms with Crippen molar-refractivity contribution in [3.63, 3.8) is 0 Å². The lowest BCUT2D eigenvalue weighted by molar-refractivity contribution is 0.156. The van der Waals surface area contributed by atoms with Crippen molar-refractivity contribution >= 4 is 6.08 Å². The van der Waals surface area contributed by atoms with Gasteiger partial charge in [-0.15, -0.1) is 0 Å². The molecule has 0 saturated carbocycles. The minimum absolute atomic E-state index is 0.0921. The van der Waals surface area contributed by atoms with E-state index in [1.807, 2.05) is 18.2 Å². The lowest BCUT2D eigenvalue weighted by Crippen LogP contribution is -2.24. The maximum atomic E-state index is 6.24. The van der Waals surface area contributed by atoms with E-state index < -0.39 is 0 Å². The van der Waals surface area contributed by atoms with Gasteiger partial charge in [-0.3, -0.25) is 9.97 Å². The van der Waals surface area contributed by atoms with Crippen LogP contribution in [0.4, 0.5) is 0 Å². The molecule has 108 valence electrons. The number of methoxy groups -OCH3 is 1. The Labute approximate surface area is 123 Å². The summed E-state index contributed by atoms with van der Waals surface area (Å²) in [6.45, 7) is 3.67. The predicted octanol–water partition coefficient (Wildman–Crippen LogP) is 2.65. The monoisotopic (exact) mass is 283 g/mol. The Balaban J connectivity index is 1.90. The number of hydrogen-bond donors (Lipinski definition) is 1. The van der Waals surface area contributed by atoms with Gasteiger partial charge in [-0.05, 0) is 12.1 Å². The molecule has 0 unspecified atom stereocenters. The summed E-state index contributed by atoms with van der Waals surface area (Å²) in [6.07, 6.45) is 5.51. The number of nitrogens with zero attached hydrogens (tertiary/aromatic N) is 2. The van der Waals surface area contributed by atoms with Gasteiger partial charge in [0.25, 0.3) is 0 Å². The van der Waals surface area contributed by atoms with Crippen LogP contribution in [0, 0.1) is 0 Å². The third kappa shape index (κ3) is 2.60. The molecule has 5 heteroatoms. The molecule has 1 aromatic carbocycles. The summed E-state index contributed by atoms with van der Waals surface area (Å²) >= 11 is 0. The van der Waals surface area contributed by atoms with Crippen LogP contribution in [0.2, 0.25) is 0 Å². The molecule has 1 aliphatic heterocycles. The van der Waals surface area contributed by atoms with Crippen molar-refractivity contribution in [2.45, 2.75) is 18.6 Å². The molecule has 3 rings (SSSR count). The van der Waals surface area contributed by atoms with Crippen molar-refractivity contribution in [1.29, 1.82) is 0 Å². The summed E-state index contributed by atoms with van der Waals surface area (Å²) in [5, 5.41) is 0. The highest BCUT2D eigenvalue weighted by atomic mass is 16.5. The fraction of sp³-hybridized carbons (Fsp3) is 0.250. The van der Waals surface area contributed by atoms with Gasteiger partial charge in [0.1, 0.15) is 17.6 Å². The summed E-state index contributed by atoms with van der Waals surface area (Å²) in [5.41, 5.74) is 8.73. The summed E-state index contributed by atoms with van der Waals surface area (Å²) in [5.74, 6) is 1.49. The number of hydrogen-bond acceptors (Lipinski definition) is 5. The zero-order valence-electron chi connectivity index (χ0n) is 11.8. The van der Waals surface area contributed by atoms with Gasteiger partial charge in [-0.2, -0.15) is 0 Å². The molecule has 2 atom stereocenters. The fourth-order valence-corrected chi connectivity index (χ4v) is 2.41. The zero-order valence-corrected chi connectivity index (χ0v) is 11.8. The van der Waals surface area contributed by atoms with Gasteiger partial charge < -0.3 is 15.2 Å². The first kappa shape index (κ1) is 13.6. The maximum Gasteiger partial charge on any atom is 0.144 e. The summed E-state index contributed by atoms with van der Waals surface area (Å²) < 4.78 is 11.2. The second kappa shape index (κ2) is 5.54. The van der Waals surface area contributed by atoms with Crippen LogP contribution >= 0.6 is 0 Å². The summed E-state index contributed by atoms with van der Waals surface area (Å²) in [6, 6.07) is 5.60. The minimum atomic E-state index is -0.203. The Morgan fingerprint density at radius 1 is 1.38 bits per heavy atom. The standard InChI is InChI=1S/C16H17N3O2/c1-3-10-8-19-14(9-18-10)16-7-13(17)12-5-4-11(20-2)6-15(12)21-16/h3-6,8-9,13,16H,1,7,17H2,2H3/t13-,16-/m1/s1. The van der Waals surface area contributed by atoms with E-state index in [1.165, 1.54) is 0 Å². The molecule has 1 aromatic heterocycles. The Morgan fingerprint density at radius 3 is 2.90 bits per heavy atom. The maximum absolute atomic E-state index is 6.24. The molecule has 5 nitrogen and oxygen atoms in total. The van der Waals surface area contributed by atoms with Crippen molar-refractivity contribution < 1.29 is 9.47 Å². The smallest absolute Gasteiger partial charge is 0.144 e. The van der Waals surface area contributed by atoms with Crippen LogP contribution in [-0.2, 0) is 0 Å². The molecule has 2 aromatic rings. The predicted molar refractivity (Wildman–Crippen MR) is 80.0 cm³/mol. The third-order valence-corrected chi connectivity index (χ3v) is 3.59. The number of aromatic nitrogens is 2. The topological polar surface area (TPSA) is 70.3 Å². The Bertz CT molecular complexity index is 655. The Kier molecular flexibility index (Phi) is 3.58. The van der Waals surface area contributed by atoms with Crippen LogP contribution in [-0.4, -0.2) is 17.1 Å². The van der Waals surface area contributed by atoms with Crippen molar-refractivity contribution in [1.82, 2.24) is 9.97 Å². The first-order valence-corrected chi connectivity index (χ1v) is 6.76. The zero-order chi connectivity index (χ0) is 14.8. The molecule has 2 N–H and O–H groups in total. The van der Waals surface area contributed by atoms with E-state index in [1.54, 1.807) is 25.6 Å². The first-order chi connectivity index (χ1) is 10.2. The van der Waals surface area contributed by atoms with Crippen LogP contribution in [0.1, 0.15) is 35.5 Å². The molecule has 0 saturated heterocycles. The van der Waals surface area contributed by atoms with E-state index in [4.69, 9.17) is 15.2 Å². The van der Waals surface area contributed by atoms with Crippen molar-refractivity contribution in [2.75, 3.05) is 7.11 Å². The second-order valence-corrected chi connectivity index (χ2v) is 4.92. The number of rotatable bonds is 3. The summed E-state index contributed by atoms with van der Waals surface area (Å²) in [7, 11) is 1.63. The number of fused-ring (bicyclic) bond motifs is 1. The second-order valence-electron chi connectivity index (χ2n) is 4.92. The van der Waals surface area contributed by atoms with Gasteiger partial charge in [0.05, 0.1) is 30.9 Å². The number of ether oxygens (including phenoxy) is 2. The van der Waals surface area contributed by atoms with Crippen LogP contribution in [0.15, 0.2) is 37.2 Å². The van der Waals surface area contributed by atoms with E-state index >= 15 is 0 Å². The largest absolute Gasteiger partial charge is 0.497 e. The number of benzene rings is 1. The molecule has 1 aliphatic rings. The molecular weight excluding hydrogens is 266 g/mol. The van der Waals surface area contributed by atoms with Crippen LogP contribution in [0.25, 0.3) is 6.08 Å². The first-order valence-electron chi connectivity index (χ1n) is 6.76. The molecule has 0 radical (unpaired) electrons. The quantitative estimate of drug-likeness (QED) is 0.937. The van der Waals surface area contributed by atoms with E-state index in [2.05, 4.69) is 16.5 Å². The normalized spacial score (nSPS) is 20.3. The van der Waals surface area contributed by atoms with Gasteiger partial charge in [-0.25, -0.2) is 0 Å². The fourth-order valence-electron chi connectivity index (χ4n) is 2.41. The SMILES string of the molecule is C=Cc1cnc([C@H]2C[C@@H](N)c3ccc(OC)cc3O2)cn1. The lowest BCUT2D eigenvalue weighted by Gasteiger charge is -2.30. The molecule has 2 heterocycles. The highest BCUT2D eigenvalue weighted by Crippen LogP contribution is 2.40. The van der Waals surface area contributed by atoms with E-state index in [9.17, 15) is 0 Å². The number of nitrogens with two attached hydrogens (primary N) is 1. The molecular formula is C16H17N3O2. The van der Waals surface area contributed by atoms with Gasteiger partial charge >= 0.3 is 0 Å². The Morgan fingerprint density at radius 2 is 2.24 bits per heavy atom. The molecule has 0 bridgehead atoms. The van der Waals surface area contributed by atoms with Gasteiger partial charge in [0.15, 0.2) is 0 Å². The minimum Gasteiger partial charge on any atom is -0.497 e. The molecule has 0 aliphatic carbocycles. The van der Waals surface area contributed by atoms with Crippen LogP contribution < -0.4 is 15.2 Å². The van der Waals surface area contributed by atoms with E-state index in [-0.39, 0.29) is 12.1 Å². The van der Waals surface area contributed by atoms with Gasteiger partial charge in [0.2, 0.25) is 0 Å². The Hall–Kier alpha value is -2.40. The van der Waals surface area contributed by atoms with Crippen LogP contribution in [0.3, 0.4) is 0 Å². The third-order valence-electron chi connectivity index (χ3n) is 3.59. The van der Waals surface area contributed by atoms with Crippen molar-refractivity contribution in [3.8, 4) is 11.5 Å². The van der Waals surface area contributed by atoms with E-state index in [0.29, 0.717) is 6.42 Å². The van der Waals surface area contributed by atoms with Crippen molar-refractivity contribution in [3.05, 3.63) is 54.1 Å². The average Bonchev–Trinajstić information content (AvgIpc) is 2.54. The molecule has 0 amide bonds. The highest BCUT2D eigenvalue weighted by Gasteiger charge is 2.28. The lowest BCUT2D eigenvalue weighted by atomic mass is 9.96. The van der Waals surface area contributed by atoms with Gasteiger partial charge in [-0.1, -0.05) is 12.6 Å². The van der Waals surface area contributed by atoms with Gasteiger partial charge in [0, 0.05) is 24.1 Å².